The number of allylic oxidation sites excluding steroid dienone is 6. The summed E-state index contributed by atoms with van der Waals surface area (Å²) in [4.78, 5) is 0. The maximum Gasteiger partial charge on any atom is 0.0872 e. The van der Waals surface area contributed by atoms with Crippen LogP contribution in [0, 0.1) is 23.7 Å². The van der Waals surface area contributed by atoms with Crippen molar-refractivity contribution in [2.45, 2.75) is 232 Å². The number of aryl methyl sites for hydroxylation is 4. The first-order valence-corrected chi connectivity index (χ1v) is 26.3. The van der Waals surface area contributed by atoms with E-state index in [2.05, 4.69) is 52.0 Å². The maximum absolute atomic E-state index is 7.10. The van der Waals surface area contributed by atoms with Gasteiger partial charge < -0.3 is 9.47 Å². The number of hydrogen-bond donors (Lipinski definition) is 0. The first-order valence-electron chi connectivity index (χ1n) is 26.3. The molecule has 0 spiro atoms. The molecule has 0 unspecified atom stereocenters. The Labute approximate surface area is 365 Å². The molecule has 0 radical (unpaired) electrons. The lowest BCUT2D eigenvalue weighted by Crippen LogP contribution is -2.30. The van der Waals surface area contributed by atoms with Gasteiger partial charge in [0, 0.05) is 0 Å². The summed E-state index contributed by atoms with van der Waals surface area (Å²) in [5.74, 6) is 2.72. The quantitative estimate of drug-likeness (QED) is 0.0980. The highest BCUT2D eigenvalue weighted by Gasteiger charge is 2.56. The molecule has 4 aliphatic carbocycles. The SMILES string of the molecule is CCCCCCc1cc2c(cc1CCCCCC)[C@@H]1O[C@H]2[C@H]2CC3=C(CC4=C(CC5=C(C4)C[C@H]4[C@@H](C5)[C@H]5O[C@@H]4c4cc(CCCCCC)c(CCCCCC)cc45)C3)C[C@H]21. The van der Waals surface area contributed by atoms with Crippen LogP contribution in [-0.4, -0.2) is 0 Å². The normalized spacial score (nSPS) is 29.1. The molecule has 10 rings (SSSR count). The van der Waals surface area contributed by atoms with E-state index in [4.69, 9.17) is 9.47 Å². The number of unbranched alkanes of at least 4 members (excludes halogenated alkanes) is 12. The Kier molecular flexibility index (Phi) is 12.7. The van der Waals surface area contributed by atoms with Gasteiger partial charge in [-0.2, -0.15) is 0 Å². The Morgan fingerprint density at radius 1 is 0.333 bits per heavy atom. The zero-order chi connectivity index (χ0) is 40.7. The molecule has 0 saturated carbocycles. The monoisotopic (exact) mass is 809 g/mol. The molecule has 0 N–H and O–H groups in total. The molecule has 2 heteroatoms. The molecule has 4 aliphatic heterocycles. The van der Waals surface area contributed by atoms with Crippen molar-refractivity contribution >= 4 is 0 Å². The van der Waals surface area contributed by atoms with Crippen molar-refractivity contribution < 1.29 is 9.47 Å². The average molecular weight is 809 g/mol. The summed E-state index contributed by atoms with van der Waals surface area (Å²) < 4.78 is 14.2. The van der Waals surface area contributed by atoms with E-state index in [0.29, 0.717) is 48.1 Å². The minimum Gasteiger partial charge on any atom is -0.365 e. The van der Waals surface area contributed by atoms with Crippen molar-refractivity contribution in [1.82, 2.24) is 0 Å². The molecule has 2 fully saturated rings. The molecule has 2 aromatic carbocycles. The van der Waals surface area contributed by atoms with Crippen molar-refractivity contribution in [3.8, 4) is 0 Å². The summed E-state index contributed by atoms with van der Waals surface area (Å²) in [6.07, 6.45) is 38.1. The third kappa shape index (κ3) is 7.81. The molecular formula is C58H80O2. The molecule has 0 amide bonds. The second kappa shape index (κ2) is 18.4. The molecule has 60 heavy (non-hydrogen) atoms. The molecule has 2 aromatic rings. The summed E-state index contributed by atoms with van der Waals surface area (Å²) in [5, 5.41) is 0. The summed E-state index contributed by atoms with van der Waals surface area (Å²) in [6.45, 7) is 9.35. The van der Waals surface area contributed by atoms with Crippen LogP contribution in [-0.2, 0) is 35.2 Å². The van der Waals surface area contributed by atoms with Crippen molar-refractivity contribution in [3.63, 3.8) is 0 Å². The summed E-state index contributed by atoms with van der Waals surface area (Å²) in [6, 6.07) is 10.7. The van der Waals surface area contributed by atoms with Crippen LogP contribution in [0.3, 0.4) is 0 Å². The fourth-order valence-corrected chi connectivity index (χ4v) is 14.4. The van der Waals surface area contributed by atoms with Gasteiger partial charge in [0.25, 0.3) is 0 Å². The topological polar surface area (TPSA) is 18.5 Å². The molecule has 8 aliphatic rings. The predicted molar refractivity (Wildman–Crippen MR) is 249 cm³/mol. The van der Waals surface area contributed by atoms with E-state index in [1.54, 1.807) is 44.5 Å². The van der Waals surface area contributed by atoms with Crippen molar-refractivity contribution in [2.75, 3.05) is 0 Å². The Hall–Kier alpha value is -2.42. The lowest BCUT2D eigenvalue weighted by molar-refractivity contribution is 0.0544. The highest BCUT2D eigenvalue weighted by atomic mass is 16.5. The highest BCUT2D eigenvalue weighted by Crippen LogP contribution is 2.66. The summed E-state index contributed by atoms with van der Waals surface area (Å²) in [7, 11) is 0. The van der Waals surface area contributed by atoms with Gasteiger partial charge in [0.1, 0.15) is 0 Å². The first kappa shape index (κ1) is 41.6. The zero-order valence-corrected chi connectivity index (χ0v) is 38.5. The second-order valence-electron chi connectivity index (χ2n) is 21.5. The molecule has 2 saturated heterocycles. The molecule has 2 nitrogen and oxygen atoms in total. The highest BCUT2D eigenvalue weighted by molar-refractivity contribution is 5.52. The van der Waals surface area contributed by atoms with Gasteiger partial charge >= 0.3 is 0 Å². The smallest absolute Gasteiger partial charge is 0.0872 e. The maximum atomic E-state index is 7.10. The number of hydrogen-bond acceptors (Lipinski definition) is 2. The molecule has 4 heterocycles. The minimum atomic E-state index is 0.327. The molecule has 8 atom stereocenters. The molecule has 324 valence electrons. The van der Waals surface area contributed by atoms with E-state index in [9.17, 15) is 0 Å². The third-order valence-corrected chi connectivity index (χ3v) is 17.6. The van der Waals surface area contributed by atoms with Crippen LogP contribution in [0.4, 0.5) is 0 Å². The fourth-order valence-electron chi connectivity index (χ4n) is 14.4. The van der Waals surface area contributed by atoms with Crippen LogP contribution < -0.4 is 0 Å². The van der Waals surface area contributed by atoms with Crippen molar-refractivity contribution in [3.05, 3.63) is 102 Å². The Bertz CT molecular complexity index is 1710. The van der Waals surface area contributed by atoms with E-state index in [-0.39, 0.29) is 0 Å². The van der Waals surface area contributed by atoms with E-state index in [1.807, 2.05) is 33.4 Å². The predicted octanol–water partition coefficient (Wildman–Crippen LogP) is 16.7. The third-order valence-electron chi connectivity index (χ3n) is 17.6. The van der Waals surface area contributed by atoms with Gasteiger partial charge in [-0.15, -0.1) is 0 Å². The second-order valence-corrected chi connectivity index (χ2v) is 21.5. The van der Waals surface area contributed by atoms with E-state index in [0.717, 1.165) is 0 Å². The lowest BCUT2D eigenvalue weighted by atomic mass is 9.60. The van der Waals surface area contributed by atoms with Gasteiger partial charge in [0.2, 0.25) is 0 Å². The largest absolute Gasteiger partial charge is 0.365 e. The van der Waals surface area contributed by atoms with Crippen LogP contribution in [0.25, 0.3) is 0 Å². The Morgan fingerprint density at radius 3 is 0.817 bits per heavy atom. The minimum absolute atomic E-state index is 0.327. The summed E-state index contributed by atoms with van der Waals surface area (Å²) >= 11 is 0. The zero-order valence-electron chi connectivity index (χ0n) is 38.5. The van der Waals surface area contributed by atoms with Crippen LogP contribution in [0.1, 0.15) is 251 Å². The lowest BCUT2D eigenvalue weighted by Gasteiger charge is -2.43. The first-order chi connectivity index (χ1) is 29.6. The van der Waals surface area contributed by atoms with Crippen molar-refractivity contribution in [2.24, 2.45) is 23.7 Å². The van der Waals surface area contributed by atoms with Gasteiger partial charge in [0.15, 0.2) is 0 Å². The fraction of sp³-hybridized carbons (Fsp3) is 0.690. The van der Waals surface area contributed by atoms with Crippen LogP contribution in [0.15, 0.2) is 57.7 Å². The molecular weight excluding hydrogens is 729 g/mol. The van der Waals surface area contributed by atoms with Crippen molar-refractivity contribution in [1.29, 1.82) is 0 Å². The van der Waals surface area contributed by atoms with Gasteiger partial charge in [-0.05, 0) is 171 Å². The van der Waals surface area contributed by atoms with Gasteiger partial charge in [0.05, 0.1) is 24.4 Å². The number of benzene rings is 2. The standard InChI is InChI=1S/C58H80O2/c1-5-9-13-17-21-37-29-47-48(30-38(37)22-18-14-10-6-2)56-52-34-44-26-42-28-46-36-54-53(35-45(46)27-41(42)25-43(44)33-51(52)55(47)59-56)57-49-31-39(23-19-15-11-7-3)40(24-20-16-12-8-4)32-50(49)58(54)60-57/h29-32,51-58H,5-28,33-36H2,1-4H3/t51-,52+,53+,54-,55+,56-,57-,58+. The van der Waals surface area contributed by atoms with Gasteiger partial charge in [-0.1, -0.05) is 162 Å². The molecule has 4 bridgehead atoms. The van der Waals surface area contributed by atoms with Gasteiger partial charge in [-0.25, -0.2) is 0 Å². The van der Waals surface area contributed by atoms with E-state index < -0.39 is 0 Å². The number of fused-ring (bicyclic) bond motifs is 16. The number of ether oxygens (including phenoxy) is 2. The van der Waals surface area contributed by atoms with E-state index >= 15 is 0 Å². The Morgan fingerprint density at radius 2 is 0.583 bits per heavy atom. The van der Waals surface area contributed by atoms with Crippen LogP contribution in [0.5, 0.6) is 0 Å². The Balaban J connectivity index is 0.818. The van der Waals surface area contributed by atoms with Crippen LogP contribution in [0.2, 0.25) is 0 Å². The van der Waals surface area contributed by atoms with Crippen LogP contribution >= 0.6 is 0 Å². The average Bonchev–Trinajstić information content (AvgIpc) is 4.02. The summed E-state index contributed by atoms with van der Waals surface area (Å²) in [5.41, 5.74) is 24.0. The molecule has 0 aromatic heterocycles. The van der Waals surface area contributed by atoms with E-state index in [1.165, 1.54) is 180 Å². The van der Waals surface area contributed by atoms with Gasteiger partial charge in [-0.3, -0.25) is 0 Å². The number of rotatable bonds is 20.